The molecule has 1 aliphatic heterocycles. The van der Waals surface area contributed by atoms with Gasteiger partial charge in [0.2, 0.25) is 0 Å². The first-order valence-electron chi connectivity index (χ1n) is 6.31. The van der Waals surface area contributed by atoms with Crippen LogP contribution in [0, 0.1) is 0 Å². The maximum Gasteiger partial charge on any atom is 0.266 e. The Morgan fingerprint density at radius 3 is 2.79 bits per heavy atom. The largest absolute Gasteiger partial charge is 0.396 e. The normalized spacial score (nSPS) is 18.1. The predicted octanol–water partition coefficient (Wildman–Crippen LogP) is 2.29. The number of rotatable bonds is 1. The summed E-state index contributed by atoms with van der Waals surface area (Å²) in [6, 6.07) is 0. The first kappa shape index (κ1) is 12.3. The van der Waals surface area contributed by atoms with Gasteiger partial charge in [-0.1, -0.05) is 0 Å². The van der Waals surface area contributed by atoms with Crippen molar-refractivity contribution in [3.63, 3.8) is 0 Å². The number of aromatic nitrogens is 2. The van der Waals surface area contributed by atoms with E-state index in [2.05, 4.69) is 23.8 Å². The highest BCUT2D eigenvalue weighted by Crippen LogP contribution is 2.35. The monoisotopic (exact) mass is 276 g/mol. The smallest absolute Gasteiger partial charge is 0.266 e. The minimum Gasteiger partial charge on any atom is -0.396 e. The standard InChI is InChI=1S/C13H16N4OS/c1-13(2)4-3-7-17(13)12(18)10-8(14)9-11(19-10)16-6-5-15-9/h5-6H,3-4,7,14H2,1-2H3. The first-order chi connectivity index (χ1) is 9.00. The zero-order valence-corrected chi connectivity index (χ0v) is 11.8. The van der Waals surface area contributed by atoms with Gasteiger partial charge < -0.3 is 10.6 Å². The van der Waals surface area contributed by atoms with Gasteiger partial charge in [-0.3, -0.25) is 4.79 Å². The second kappa shape index (κ2) is 4.16. The molecular weight excluding hydrogens is 260 g/mol. The lowest BCUT2D eigenvalue weighted by atomic mass is 10.0. The van der Waals surface area contributed by atoms with Crippen molar-refractivity contribution in [3.05, 3.63) is 17.3 Å². The maximum atomic E-state index is 12.7. The lowest BCUT2D eigenvalue weighted by Crippen LogP contribution is -2.42. The third-order valence-electron chi connectivity index (χ3n) is 3.70. The van der Waals surface area contributed by atoms with Crippen LogP contribution in [0.4, 0.5) is 5.69 Å². The Balaban J connectivity index is 2.05. The topological polar surface area (TPSA) is 72.1 Å². The molecule has 0 aliphatic carbocycles. The summed E-state index contributed by atoms with van der Waals surface area (Å²) in [7, 11) is 0. The number of carbonyl (C=O) groups is 1. The van der Waals surface area contributed by atoms with Gasteiger partial charge in [0, 0.05) is 24.5 Å². The van der Waals surface area contributed by atoms with E-state index in [0.29, 0.717) is 16.1 Å². The molecule has 0 aromatic carbocycles. The van der Waals surface area contributed by atoms with Crippen LogP contribution >= 0.6 is 11.3 Å². The van der Waals surface area contributed by atoms with Crippen molar-refractivity contribution >= 4 is 33.3 Å². The zero-order valence-electron chi connectivity index (χ0n) is 11.0. The highest BCUT2D eigenvalue weighted by molar-refractivity contribution is 7.21. The average molecular weight is 276 g/mol. The van der Waals surface area contributed by atoms with Gasteiger partial charge in [-0.05, 0) is 26.7 Å². The van der Waals surface area contributed by atoms with Crippen molar-refractivity contribution in [2.75, 3.05) is 12.3 Å². The fourth-order valence-electron chi connectivity index (χ4n) is 2.61. The minimum absolute atomic E-state index is 0.00444. The van der Waals surface area contributed by atoms with Crippen molar-refractivity contribution < 1.29 is 4.79 Å². The number of likely N-dealkylation sites (tertiary alicyclic amines) is 1. The molecule has 6 heteroatoms. The molecule has 5 nitrogen and oxygen atoms in total. The molecule has 0 saturated carbocycles. The molecule has 100 valence electrons. The van der Waals surface area contributed by atoms with Gasteiger partial charge in [-0.15, -0.1) is 11.3 Å². The number of thiophene rings is 1. The Bertz CT molecular complexity index is 649. The summed E-state index contributed by atoms with van der Waals surface area (Å²) in [4.78, 5) is 24.3. The van der Waals surface area contributed by atoms with Crippen molar-refractivity contribution in [1.82, 2.24) is 14.9 Å². The molecule has 0 bridgehead atoms. The van der Waals surface area contributed by atoms with E-state index in [1.807, 2.05) is 4.90 Å². The molecule has 3 heterocycles. The average Bonchev–Trinajstić information content (AvgIpc) is 2.90. The third-order valence-corrected chi connectivity index (χ3v) is 4.79. The maximum absolute atomic E-state index is 12.7. The van der Waals surface area contributed by atoms with E-state index in [9.17, 15) is 4.79 Å². The fraction of sp³-hybridized carbons (Fsp3) is 0.462. The molecule has 2 aromatic rings. The molecule has 1 aliphatic rings. The van der Waals surface area contributed by atoms with Crippen LogP contribution in [-0.4, -0.2) is 32.9 Å². The predicted molar refractivity (Wildman–Crippen MR) is 76.2 cm³/mol. The number of nitrogens with two attached hydrogens (primary N) is 1. The summed E-state index contributed by atoms with van der Waals surface area (Å²) in [6.07, 6.45) is 5.28. The minimum atomic E-state index is -0.0967. The van der Waals surface area contributed by atoms with Crippen molar-refractivity contribution in [3.8, 4) is 0 Å². The number of hydrogen-bond acceptors (Lipinski definition) is 5. The summed E-state index contributed by atoms with van der Waals surface area (Å²) < 4.78 is 0. The van der Waals surface area contributed by atoms with E-state index in [1.54, 1.807) is 12.4 Å². The SMILES string of the molecule is CC1(C)CCCN1C(=O)c1sc2nccnc2c1N. The van der Waals surface area contributed by atoms with E-state index < -0.39 is 0 Å². The van der Waals surface area contributed by atoms with Crippen LogP contribution < -0.4 is 5.73 Å². The van der Waals surface area contributed by atoms with Gasteiger partial charge in [0.25, 0.3) is 5.91 Å². The molecule has 0 spiro atoms. The number of hydrogen-bond donors (Lipinski definition) is 1. The van der Waals surface area contributed by atoms with E-state index >= 15 is 0 Å². The Labute approximate surface area is 115 Å². The quantitative estimate of drug-likeness (QED) is 0.867. The Morgan fingerprint density at radius 2 is 2.16 bits per heavy atom. The number of anilines is 1. The van der Waals surface area contributed by atoms with Crippen LogP contribution in [0.2, 0.25) is 0 Å². The Kier molecular flexibility index (Phi) is 2.70. The molecule has 1 saturated heterocycles. The van der Waals surface area contributed by atoms with Crippen LogP contribution in [-0.2, 0) is 0 Å². The van der Waals surface area contributed by atoms with E-state index in [4.69, 9.17) is 5.73 Å². The van der Waals surface area contributed by atoms with E-state index in [0.717, 1.165) is 24.2 Å². The second-order valence-electron chi connectivity index (χ2n) is 5.43. The lowest BCUT2D eigenvalue weighted by molar-refractivity contribution is 0.0658. The highest BCUT2D eigenvalue weighted by Gasteiger charge is 2.37. The van der Waals surface area contributed by atoms with Gasteiger partial charge in [-0.25, -0.2) is 9.97 Å². The molecule has 0 atom stereocenters. The van der Waals surface area contributed by atoms with Crippen molar-refractivity contribution in [2.45, 2.75) is 32.2 Å². The molecule has 2 aromatic heterocycles. The van der Waals surface area contributed by atoms with Gasteiger partial charge in [0.15, 0.2) is 0 Å². The molecule has 2 N–H and O–H groups in total. The van der Waals surface area contributed by atoms with Gasteiger partial charge in [-0.2, -0.15) is 0 Å². The fourth-order valence-corrected chi connectivity index (χ4v) is 3.58. The number of amides is 1. The van der Waals surface area contributed by atoms with E-state index in [1.165, 1.54) is 11.3 Å². The third kappa shape index (κ3) is 1.87. The lowest BCUT2D eigenvalue weighted by Gasteiger charge is -2.31. The van der Waals surface area contributed by atoms with Crippen LogP contribution in [0.15, 0.2) is 12.4 Å². The Morgan fingerprint density at radius 1 is 1.42 bits per heavy atom. The van der Waals surface area contributed by atoms with Crippen LogP contribution in [0.25, 0.3) is 10.3 Å². The number of nitrogen functional groups attached to an aromatic ring is 1. The molecule has 19 heavy (non-hydrogen) atoms. The van der Waals surface area contributed by atoms with Crippen LogP contribution in [0.1, 0.15) is 36.4 Å². The summed E-state index contributed by atoms with van der Waals surface area (Å²) in [6.45, 7) is 4.98. The summed E-state index contributed by atoms with van der Waals surface area (Å²) in [5.74, 6) is 0.00444. The van der Waals surface area contributed by atoms with Gasteiger partial charge in [0.1, 0.15) is 15.2 Å². The molecule has 1 fully saturated rings. The first-order valence-corrected chi connectivity index (χ1v) is 7.13. The van der Waals surface area contributed by atoms with Gasteiger partial charge >= 0.3 is 0 Å². The van der Waals surface area contributed by atoms with Crippen molar-refractivity contribution in [1.29, 1.82) is 0 Å². The Hall–Kier alpha value is -1.69. The van der Waals surface area contributed by atoms with Crippen LogP contribution in [0.5, 0.6) is 0 Å². The molecule has 3 rings (SSSR count). The van der Waals surface area contributed by atoms with Gasteiger partial charge in [0.05, 0.1) is 5.69 Å². The molecule has 0 unspecified atom stereocenters. The molecule has 0 radical (unpaired) electrons. The summed E-state index contributed by atoms with van der Waals surface area (Å²) in [5, 5.41) is 0. The number of nitrogens with zero attached hydrogens (tertiary/aromatic N) is 3. The summed E-state index contributed by atoms with van der Waals surface area (Å²) in [5.41, 5.74) is 7.05. The van der Waals surface area contributed by atoms with Crippen LogP contribution in [0.3, 0.4) is 0 Å². The molecule has 1 amide bonds. The highest BCUT2D eigenvalue weighted by atomic mass is 32.1. The number of fused-ring (bicyclic) bond motifs is 1. The number of carbonyl (C=O) groups excluding carboxylic acids is 1. The second-order valence-corrected chi connectivity index (χ2v) is 6.43. The summed E-state index contributed by atoms with van der Waals surface area (Å²) >= 11 is 1.33. The van der Waals surface area contributed by atoms with Crippen molar-refractivity contribution in [2.24, 2.45) is 0 Å². The zero-order chi connectivity index (χ0) is 13.6. The van der Waals surface area contributed by atoms with E-state index in [-0.39, 0.29) is 11.4 Å². The molecular formula is C13H16N4OS.